The lowest BCUT2D eigenvalue weighted by Crippen LogP contribution is -2.19. The van der Waals surface area contributed by atoms with Crippen molar-refractivity contribution in [2.45, 2.75) is 6.18 Å². The average molecular weight is 249 g/mol. The molecular weight excluding hydrogens is 237 g/mol. The Bertz CT molecular complexity index is 385. The van der Waals surface area contributed by atoms with Gasteiger partial charge in [-0.3, -0.25) is 4.79 Å². The molecule has 0 fully saturated rings. The molecule has 0 aromatic heterocycles. The first-order chi connectivity index (χ1) is 7.32. The first-order valence-electron chi connectivity index (χ1n) is 4.56. The highest BCUT2D eigenvalue weighted by molar-refractivity contribution is 7.96. The van der Waals surface area contributed by atoms with Crippen LogP contribution in [0.5, 0.6) is 0 Å². The lowest BCUT2D eigenvalue weighted by Gasteiger charge is -2.10. The molecular formula is C11H12F3OS+. The van der Waals surface area contributed by atoms with Gasteiger partial charge in [0.15, 0.2) is 5.75 Å². The Hall–Kier alpha value is -0.970. The molecule has 0 aliphatic heterocycles. The van der Waals surface area contributed by atoms with E-state index in [4.69, 9.17) is 0 Å². The summed E-state index contributed by atoms with van der Waals surface area (Å²) in [5.74, 6) is -0.283. The predicted octanol–water partition coefficient (Wildman–Crippen LogP) is 2.77. The van der Waals surface area contributed by atoms with Gasteiger partial charge < -0.3 is 0 Å². The Morgan fingerprint density at radius 3 is 2.31 bits per heavy atom. The number of carbonyl (C=O) groups excluding carboxylic acids is 1. The van der Waals surface area contributed by atoms with Crippen LogP contribution in [-0.2, 0) is 17.1 Å². The average Bonchev–Trinajstić information content (AvgIpc) is 2.15. The number of halogens is 3. The molecule has 5 heteroatoms. The molecule has 1 rings (SSSR count). The zero-order valence-corrected chi connectivity index (χ0v) is 9.78. The summed E-state index contributed by atoms with van der Waals surface area (Å²) in [4.78, 5) is 11.6. The Morgan fingerprint density at radius 1 is 1.25 bits per heavy atom. The molecule has 0 aliphatic rings. The molecule has 0 saturated carbocycles. The van der Waals surface area contributed by atoms with Gasteiger partial charge in [0.05, 0.1) is 18.1 Å². The Morgan fingerprint density at radius 2 is 1.81 bits per heavy atom. The summed E-state index contributed by atoms with van der Waals surface area (Å²) in [5, 5.41) is 0. The van der Waals surface area contributed by atoms with E-state index in [-0.39, 0.29) is 22.2 Å². The van der Waals surface area contributed by atoms with Crippen molar-refractivity contribution in [2.75, 3.05) is 18.3 Å². The van der Waals surface area contributed by atoms with Crippen LogP contribution in [0.3, 0.4) is 0 Å². The molecule has 0 atom stereocenters. The summed E-state index contributed by atoms with van der Waals surface area (Å²) >= 11 is 0. The highest BCUT2D eigenvalue weighted by atomic mass is 32.2. The van der Waals surface area contributed by atoms with Crippen molar-refractivity contribution >= 4 is 16.7 Å². The molecule has 0 unspecified atom stereocenters. The largest absolute Gasteiger partial charge is 0.417 e. The van der Waals surface area contributed by atoms with Gasteiger partial charge in [-0.25, -0.2) is 0 Å². The van der Waals surface area contributed by atoms with Crippen LogP contribution in [0, 0.1) is 0 Å². The topological polar surface area (TPSA) is 17.1 Å². The molecule has 1 aromatic rings. The minimum atomic E-state index is -4.47. The Balaban J connectivity index is 3.09. The first kappa shape index (κ1) is 13.1. The third-order valence-corrected chi connectivity index (χ3v) is 2.79. The van der Waals surface area contributed by atoms with Gasteiger partial charge in [0, 0.05) is 5.56 Å². The van der Waals surface area contributed by atoms with E-state index in [9.17, 15) is 18.0 Å². The minimum Gasteiger partial charge on any atom is -0.289 e. The van der Waals surface area contributed by atoms with E-state index in [2.05, 4.69) is 0 Å². The fraction of sp³-hybridized carbons (Fsp3) is 0.364. The number of carbonyl (C=O) groups is 1. The maximum Gasteiger partial charge on any atom is 0.417 e. The second-order valence-corrected chi connectivity index (χ2v) is 5.86. The van der Waals surface area contributed by atoms with E-state index in [0.717, 1.165) is 6.07 Å². The van der Waals surface area contributed by atoms with Crippen molar-refractivity contribution in [3.05, 3.63) is 35.4 Å². The standard InChI is InChI=1S/C11H12F3OS/c1-16(2)7-10(15)8-5-3-4-6-9(8)11(12,13)14/h3-6H,7H2,1-2H3/q+1. The maximum absolute atomic E-state index is 12.6. The van der Waals surface area contributed by atoms with Crippen molar-refractivity contribution in [2.24, 2.45) is 0 Å². The highest BCUT2D eigenvalue weighted by Crippen LogP contribution is 2.32. The lowest BCUT2D eigenvalue weighted by molar-refractivity contribution is -0.137. The summed E-state index contributed by atoms with van der Waals surface area (Å²) in [6.07, 6.45) is -0.811. The monoisotopic (exact) mass is 249 g/mol. The summed E-state index contributed by atoms with van der Waals surface area (Å²) in [6, 6.07) is 4.91. The number of Topliss-reactive ketones (excluding diaryl/α,β-unsaturated/α-hetero) is 1. The molecule has 0 heterocycles. The third-order valence-electron chi connectivity index (χ3n) is 1.95. The lowest BCUT2D eigenvalue weighted by atomic mass is 10.0. The molecule has 1 nitrogen and oxygen atoms in total. The van der Waals surface area contributed by atoms with Crippen LogP contribution >= 0.6 is 0 Å². The number of benzene rings is 1. The van der Waals surface area contributed by atoms with E-state index < -0.39 is 17.5 Å². The van der Waals surface area contributed by atoms with Gasteiger partial charge in [-0.15, -0.1) is 0 Å². The summed E-state index contributed by atoms with van der Waals surface area (Å²) < 4.78 is 37.8. The van der Waals surface area contributed by atoms with E-state index in [0.29, 0.717) is 0 Å². The third kappa shape index (κ3) is 3.27. The van der Waals surface area contributed by atoms with Crippen molar-refractivity contribution in [3.63, 3.8) is 0 Å². The molecule has 0 spiro atoms. The van der Waals surface area contributed by atoms with Gasteiger partial charge in [0.2, 0.25) is 5.78 Å². The van der Waals surface area contributed by atoms with Gasteiger partial charge in [-0.05, 0) is 17.0 Å². The fourth-order valence-corrected chi connectivity index (χ4v) is 1.99. The van der Waals surface area contributed by atoms with E-state index >= 15 is 0 Å². The van der Waals surface area contributed by atoms with Crippen molar-refractivity contribution in [3.8, 4) is 0 Å². The second kappa shape index (κ2) is 4.91. The zero-order valence-electron chi connectivity index (χ0n) is 8.97. The van der Waals surface area contributed by atoms with Crippen molar-refractivity contribution in [1.29, 1.82) is 0 Å². The number of alkyl halides is 3. The number of hydrogen-bond acceptors (Lipinski definition) is 1. The second-order valence-electron chi connectivity index (χ2n) is 3.60. The SMILES string of the molecule is C[S+](C)CC(=O)c1ccccc1C(F)(F)F. The molecule has 0 amide bonds. The van der Waals surface area contributed by atoms with E-state index in [1.165, 1.54) is 18.2 Å². The molecule has 16 heavy (non-hydrogen) atoms. The zero-order chi connectivity index (χ0) is 12.3. The summed E-state index contributed by atoms with van der Waals surface area (Å²) in [5.41, 5.74) is -1.07. The van der Waals surface area contributed by atoms with E-state index in [1.807, 2.05) is 12.5 Å². The highest BCUT2D eigenvalue weighted by Gasteiger charge is 2.35. The number of rotatable bonds is 3. The molecule has 0 N–H and O–H groups in total. The molecule has 0 radical (unpaired) electrons. The number of ketones is 1. The minimum absolute atomic E-state index is 0.160. The summed E-state index contributed by atoms with van der Waals surface area (Å²) in [7, 11) is -0.198. The van der Waals surface area contributed by atoms with Crippen LogP contribution in [0.4, 0.5) is 13.2 Å². The predicted molar refractivity (Wildman–Crippen MR) is 59.9 cm³/mol. The van der Waals surface area contributed by atoms with Gasteiger partial charge in [-0.1, -0.05) is 18.2 Å². The van der Waals surface area contributed by atoms with Crippen LogP contribution in [-0.4, -0.2) is 24.0 Å². The van der Waals surface area contributed by atoms with Crippen molar-refractivity contribution < 1.29 is 18.0 Å². The first-order valence-corrected chi connectivity index (χ1v) is 6.77. The van der Waals surface area contributed by atoms with Gasteiger partial charge in [-0.2, -0.15) is 13.2 Å². The van der Waals surface area contributed by atoms with Crippen LogP contribution in [0.15, 0.2) is 24.3 Å². The molecule has 0 bridgehead atoms. The van der Waals surface area contributed by atoms with Crippen LogP contribution in [0.1, 0.15) is 15.9 Å². The van der Waals surface area contributed by atoms with Gasteiger partial charge in [0.25, 0.3) is 0 Å². The van der Waals surface area contributed by atoms with Crippen LogP contribution in [0.25, 0.3) is 0 Å². The number of hydrogen-bond donors (Lipinski definition) is 0. The molecule has 0 saturated heterocycles. The Kier molecular flexibility index (Phi) is 4.02. The molecule has 0 aliphatic carbocycles. The Labute approximate surface area is 95.0 Å². The molecule has 88 valence electrons. The van der Waals surface area contributed by atoms with Gasteiger partial charge >= 0.3 is 6.18 Å². The quantitative estimate of drug-likeness (QED) is 0.594. The van der Waals surface area contributed by atoms with Gasteiger partial charge in [0.1, 0.15) is 0 Å². The van der Waals surface area contributed by atoms with Crippen LogP contribution in [0.2, 0.25) is 0 Å². The van der Waals surface area contributed by atoms with E-state index in [1.54, 1.807) is 0 Å². The fourth-order valence-electron chi connectivity index (χ4n) is 1.31. The smallest absolute Gasteiger partial charge is 0.289 e. The van der Waals surface area contributed by atoms with Crippen LogP contribution < -0.4 is 0 Å². The van der Waals surface area contributed by atoms with Crippen molar-refractivity contribution in [1.82, 2.24) is 0 Å². The molecule has 1 aromatic carbocycles. The maximum atomic E-state index is 12.6. The summed E-state index contributed by atoms with van der Waals surface area (Å²) in [6.45, 7) is 0. The normalized spacial score (nSPS) is 11.9.